The fourth-order valence-corrected chi connectivity index (χ4v) is 4.67. The van der Waals surface area contributed by atoms with Crippen molar-refractivity contribution in [1.29, 1.82) is 0 Å². The summed E-state index contributed by atoms with van der Waals surface area (Å²) in [6, 6.07) is 15.0. The quantitative estimate of drug-likeness (QED) is 0.480. The van der Waals surface area contributed by atoms with Crippen LogP contribution < -0.4 is 5.32 Å². The van der Waals surface area contributed by atoms with Crippen molar-refractivity contribution in [3.8, 4) is 11.4 Å². The van der Waals surface area contributed by atoms with Crippen molar-refractivity contribution in [2.75, 3.05) is 5.32 Å². The topological polar surface area (TPSA) is 102 Å². The lowest BCUT2D eigenvalue weighted by atomic mass is 10.2. The molecule has 0 aliphatic carbocycles. The molecule has 2 aromatic carbocycles. The maximum Gasteiger partial charge on any atom is 0.293 e. The first-order valence-corrected chi connectivity index (χ1v) is 11.1. The van der Waals surface area contributed by atoms with Crippen LogP contribution in [0.5, 0.6) is 0 Å². The molecule has 0 unspecified atom stereocenters. The number of aromatic nitrogens is 2. The first-order valence-electron chi connectivity index (χ1n) is 8.67. The molecular formula is C20H14FN3O4S2. The molecule has 0 fully saturated rings. The number of amides is 1. The number of nitrogens with one attached hydrogen (secondary N) is 1. The van der Waals surface area contributed by atoms with Crippen LogP contribution in [0.3, 0.4) is 0 Å². The fraction of sp³-hybridized carbons (Fsp3) is 0.0500. The van der Waals surface area contributed by atoms with Gasteiger partial charge in [0.2, 0.25) is 5.13 Å². The lowest BCUT2D eigenvalue weighted by Gasteiger charge is -2.05. The van der Waals surface area contributed by atoms with E-state index in [1.54, 1.807) is 18.2 Å². The molecule has 1 N–H and O–H groups in total. The summed E-state index contributed by atoms with van der Waals surface area (Å²) in [4.78, 5) is 17.0. The van der Waals surface area contributed by atoms with Crippen LogP contribution in [0.1, 0.15) is 16.1 Å². The monoisotopic (exact) mass is 443 g/mol. The minimum absolute atomic E-state index is 0.118. The Balaban J connectivity index is 1.51. The van der Waals surface area contributed by atoms with Gasteiger partial charge in [-0.3, -0.25) is 10.1 Å². The highest BCUT2D eigenvalue weighted by molar-refractivity contribution is 7.90. The van der Waals surface area contributed by atoms with Crippen LogP contribution in [0, 0.1) is 5.82 Å². The molecule has 4 rings (SSSR count). The maximum absolute atomic E-state index is 13.1. The van der Waals surface area contributed by atoms with Crippen LogP contribution in [-0.4, -0.2) is 23.7 Å². The first-order chi connectivity index (χ1) is 14.4. The molecule has 1 amide bonds. The van der Waals surface area contributed by atoms with Crippen molar-refractivity contribution >= 4 is 32.4 Å². The number of benzene rings is 2. The number of hydrogen-bond donors (Lipinski definition) is 1. The third kappa shape index (κ3) is 4.29. The largest absolute Gasteiger partial charge is 0.459 e. The fourth-order valence-electron chi connectivity index (χ4n) is 2.71. The number of nitrogens with zero attached hydrogens (tertiary/aromatic N) is 2. The second-order valence-corrected chi connectivity index (χ2v) is 8.97. The van der Waals surface area contributed by atoms with Crippen LogP contribution in [-0.2, 0) is 15.6 Å². The summed E-state index contributed by atoms with van der Waals surface area (Å²) in [5, 5.41) is 2.76. The highest BCUT2D eigenvalue weighted by Crippen LogP contribution is 2.24. The van der Waals surface area contributed by atoms with Crippen LogP contribution in [0.25, 0.3) is 11.4 Å². The van der Waals surface area contributed by atoms with Gasteiger partial charge in [-0.05, 0) is 42.5 Å². The van der Waals surface area contributed by atoms with E-state index >= 15 is 0 Å². The molecule has 30 heavy (non-hydrogen) atoms. The summed E-state index contributed by atoms with van der Waals surface area (Å²) >= 11 is 0.943. The van der Waals surface area contributed by atoms with Gasteiger partial charge in [0.05, 0.1) is 16.9 Å². The zero-order chi connectivity index (χ0) is 21.1. The van der Waals surface area contributed by atoms with Gasteiger partial charge in [-0.2, -0.15) is 9.36 Å². The molecule has 0 atom stereocenters. The number of carbonyl (C=O) groups excluding carboxylic acids is 1. The van der Waals surface area contributed by atoms with Gasteiger partial charge in [0, 0.05) is 22.7 Å². The Morgan fingerprint density at radius 3 is 2.53 bits per heavy atom. The van der Waals surface area contributed by atoms with E-state index in [-0.39, 0.29) is 32.9 Å². The summed E-state index contributed by atoms with van der Waals surface area (Å²) in [6.07, 6.45) is 1.26. The van der Waals surface area contributed by atoms with E-state index in [4.69, 9.17) is 4.42 Å². The molecule has 0 aliphatic rings. The zero-order valence-corrected chi connectivity index (χ0v) is 16.9. The van der Waals surface area contributed by atoms with E-state index in [0.717, 1.165) is 11.5 Å². The summed E-state index contributed by atoms with van der Waals surface area (Å²) < 4.78 is 47.6. The highest BCUT2D eigenvalue weighted by Gasteiger charge is 2.23. The average Bonchev–Trinajstić information content (AvgIpc) is 3.38. The standard InChI is InChI=1S/C20H14FN3O4S2/c21-15-8-6-13(7-9-15)18-22-20(29-24-18)23-19(25)17-14(10-11-28-17)12-30(26,27)16-4-2-1-3-5-16/h1-11H,12H2,(H,22,23,24,25). The second kappa shape index (κ2) is 8.17. The molecule has 0 spiro atoms. The van der Waals surface area contributed by atoms with Crippen molar-refractivity contribution in [2.45, 2.75) is 10.6 Å². The average molecular weight is 443 g/mol. The van der Waals surface area contributed by atoms with Gasteiger partial charge in [0.25, 0.3) is 5.91 Å². The maximum atomic E-state index is 13.1. The van der Waals surface area contributed by atoms with Crippen LogP contribution in [0.4, 0.5) is 9.52 Å². The first kappa shape index (κ1) is 19.9. The summed E-state index contributed by atoms with van der Waals surface area (Å²) in [5.74, 6) is -1.18. The van der Waals surface area contributed by atoms with Crippen molar-refractivity contribution in [2.24, 2.45) is 0 Å². The van der Waals surface area contributed by atoms with E-state index in [2.05, 4.69) is 14.7 Å². The third-order valence-corrected chi connectivity index (χ3v) is 6.46. The molecule has 10 heteroatoms. The molecule has 7 nitrogen and oxygen atoms in total. The SMILES string of the molecule is O=C(Nc1nc(-c2ccc(F)cc2)ns1)c1occc1CS(=O)(=O)c1ccccc1. The molecule has 2 heterocycles. The number of hydrogen-bond acceptors (Lipinski definition) is 7. The molecule has 152 valence electrons. The Labute approximate surface area is 175 Å². The van der Waals surface area contributed by atoms with Crippen LogP contribution in [0.2, 0.25) is 0 Å². The predicted molar refractivity (Wildman–Crippen MR) is 109 cm³/mol. The van der Waals surface area contributed by atoms with Gasteiger partial charge in [-0.25, -0.2) is 12.8 Å². The Morgan fingerprint density at radius 1 is 1.07 bits per heavy atom. The Bertz CT molecular complexity index is 1280. The molecule has 0 saturated carbocycles. The lowest BCUT2D eigenvalue weighted by Crippen LogP contribution is -2.14. The number of halogens is 1. The molecule has 0 saturated heterocycles. The number of rotatable bonds is 6. The number of furan rings is 1. The number of carbonyl (C=O) groups is 1. The van der Waals surface area contributed by atoms with Gasteiger partial charge in [0.1, 0.15) is 5.82 Å². The molecular weight excluding hydrogens is 429 g/mol. The number of anilines is 1. The van der Waals surface area contributed by atoms with Gasteiger partial charge in [-0.15, -0.1) is 0 Å². The number of sulfone groups is 1. The predicted octanol–water partition coefficient (Wildman–Crippen LogP) is 4.16. The highest BCUT2D eigenvalue weighted by atomic mass is 32.2. The van der Waals surface area contributed by atoms with Gasteiger partial charge >= 0.3 is 0 Å². The zero-order valence-electron chi connectivity index (χ0n) is 15.3. The lowest BCUT2D eigenvalue weighted by molar-refractivity contribution is 0.0995. The molecule has 0 aliphatic heterocycles. The van der Waals surface area contributed by atoms with Crippen molar-refractivity contribution in [3.63, 3.8) is 0 Å². The van der Waals surface area contributed by atoms with Crippen molar-refractivity contribution in [1.82, 2.24) is 9.36 Å². The van der Waals surface area contributed by atoms with Crippen LogP contribution in [0.15, 0.2) is 76.2 Å². The van der Waals surface area contributed by atoms with E-state index in [1.807, 2.05) is 0 Å². The van der Waals surface area contributed by atoms with Crippen molar-refractivity contribution < 1.29 is 22.0 Å². The van der Waals surface area contributed by atoms with Gasteiger partial charge in [0.15, 0.2) is 21.4 Å². The summed E-state index contributed by atoms with van der Waals surface area (Å²) in [5.41, 5.74) is 0.834. The van der Waals surface area contributed by atoms with E-state index in [9.17, 15) is 17.6 Å². The van der Waals surface area contributed by atoms with Crippen molar-refractivity contribution in [3.05, 3.63) is 84.1 Å². The normalized spacial score (nSPS) is 11.4. The second-order valence-electron chi connectivity index (χ2n) is 6.23. The summed E-state index contributed by atoms with van der Waals surface area (Å²) in [7, 11) is -3.64. The molecule has 4 aromatic rings. The van der Waals surface area contributed by atoms with E-state index in [0.29, 0.717) is 11.4 Å². The third-order valence-electron chi connectivity index (χ3n) is 4.15. The Hall–Kier alpha value is -3.37. The minimum atomic E-state index is -3.64. The van der Waals surface area contributed by atoms with Gasteiger partial charge < -0.3 is 4.42 Å². The van der Waals surface area contributed by atoms with Crippen LogP contribution >= 0.6 is 11.5 Å². The molecule has 0 bridgehead atoms. The molecule has 2 aromatic heterocycles. The Kier molecular flexibility index (Phi) is 5.42. The van der Waals surface area contributed by atoms with E-state index < -0.39 is 15.7 Å². The summed E-state index contributed by atoms with van der Waals surface area (Å²) in [6.45, 7) is 0. The molecule has 0 radical (unpaired) electrons. The Morgan fingerprint density at radius 2 is 1.80 bits per heavy atom. The smallest absolute Gasteiger partial charge is 0.293 e. The van der Waals surface area contributed by atoms with E-state index in [1.165, 1.54) is 48.7 Å². The van der Waals surface area contributed by atoms with Gasteiger partial charge in [-0.1, -0.05) is 18.2 Å². The minimum Gasteiger partial charge on any atom is -0.459 e.